The summed E-state index contributed by atoms with van der Waals surface area (Å²) in [6.45, 7) is 8.11. The molecule has 0 spiro atoms. The maximum absolute atomic E-state index is 12.0. The van der Waals surface area contributed by atoms with Crippen molar-refractivity contribution in [1.82, 2.24) is 0 Å². The maximum atomic E-state index is 12.0. The Hall–Kier alpha value is -1.64. The summed E-state index contributed by atoms with van der Waals surface area (Å²) in [7, 11) is 0. The Labute approximate surface area is 138 Å². The summed E-state index contributed by atoms with van der Waals surface area (Å²) in [4.78, 5) is 23.3. The minimum absolute atomic E-state index is 0.0533. The fourth-order valence-electron chi connectivity index (χ4n) is 5.05. The number of ketones is 1. The minimum Gasteiger partial charge on any atom is -0.456 e. The van der Waals surface area contributed by atoms with E-state index in [1.54, 1.807) is 0 Å². The molecule has 1 aromatic rings. The molecule has 0 N–H and O–H groups in total. The molecule has 0 heterocycles. The van der Waals surface area contributed by atoms with Gasteiger partial charge in [-0.25, -0.2) is 4.79 Å². The number of Topliss-reactive ketones (excluding diaryl/α,β-unsaturated/α-hetero) is 1. The molecule has 2 aliphatic carbocycles. The number of ether oxygens (including phenoxy) is 1. The Morgan fingerprint density at radius 1 is 1.17 bits per heavy atom. The Morgan fingerprint density at radius 2 is 1.83 bits per heavy atom. The molecule has 0 radical (unpaired) electrons. The van der Waals surface area contributed by atoms with E-state index in [0.717, 1.165) is 12.8 Å². The standard InChI is InChI=1S/C20H26O3/c1-13(21)18(22)23-17-15(12-14-8-6-5-7-9-14)16-10-11-20(17,4)19(16,2)3/h5-9,15-17H,10-12H2,1-4H3/t15-,16-,17?,20?/m1/s1. The Balaban J connectivity index is 1.92. The van der Waals surface area contributed by atoms with Crippen molar-refractivity contribution in [2.45, 2.75) is 53.1 Å². The zero-order valence-electron chi connectivity index (χ0n) is 14.5. The monoisotopic (exact) mass is 314 g/mol. The van der Waals surface area contributed by atoms with Crippen molar-refractivity contribution in [3.63, 3.8) is 0 Å². The number of benzene rings is 1. The SMILES string of the molecule is CC(=O)C(=O)OC1[C@H](Cc2ccccc2)[C@H]2CCC1(C)C2(C)C. The molecule has 0 aromatic heterocycles. The van der Waals surface area contributed by atoms with E-state index in [2.05, 4.69) is 32.9 Å². The van der Waals surface area contributed by atoms with E-state index in [1.165, 1.54) is 18.9 Å². The van der Waals surface area contributed by atoms with Crippen molar-refractivity contribution < 1.29 is 14.3 Å². The first-order valence-electron chi connectivity index (χ1n) is 8.53. The van der Waals surface area contributed by atoms with E-state index in [9.17, 15) is 9.59 Å². The fraction of sp³-hybridized carbons (Fsp3) is 0.600. The largest absolute Gasteiger partial charge is 0.456 e. The normalized spacial score (nSPS) is 34.3. The minimum atomic E-state index is -0.683. The van der Waals surface area contributed by atoms with Gasteiger partial charge in [0, 0.05) is 18.3 Å². The highest BCUT2D eigenvalue weighted by atomic mass is 16.6. The first-order valence-corrected chi connectivity index (χ1v) is 8.53. The van der Waals surface area contributed by atoms with Crippen molar-refractivity contribution in [2.24, 2.45) is 22.7 Å². The van der Waals surface area contributed by atoms with Crippen molar-refractivity contribution in [2.75, 3.05) is 0 Å². The number of esters is 1. The van der Waals surface area contributed by atoms with Crippen LogP contribution in [0.3, 0.4) is 0 Å². The molecule has 0 amide bonds. The molecule has 1 aromatic carbocycles. The molecule has 124 valence electrons. The smallest absolute Gasteiger partial charge is 0.374 e. The second kappa shape index (κ2) is 5.47. The van der Waals surface area contributed by atoms with Gasteiger partial charge in [-0.2, -0.15) is 0 Å². The van der Waals surface area contributed by atoms with Crippen LogP contribution in [0.1, 0.15) is 46.1 Å². The lowest BCUT2D eigenvalue weighted by atomic mass is 9.70. The molecule has 4 atom stereocenters. The van der Waals surface area contributed by atoms with Gasteiger partial charge in [-0.1, -0.05) is 51.1 Å². The van der Waals surface area contributed by atoms with Gasteiger partial charge in [-0.3, -0.25) is 4.79 Å². The van der Waals surface area contributed by atoms with Crippen molar-refractivity contribution in [3.8, 4) is 0 Å². The van der Waals surface area contributed by atoms with Crippen LogP contribution in [0.25, 0.3) is 0 Å². The lowest BCUT2D eigenvalue weighted by Gasteiger charge is -2.39. The summed E-state index contributed by atoms with van der Waals surface area (Å²) in [5, 5.41) is 0. The molecular weight excluding hydrogens is 288 g/mol. The molecule has 2 unspecified atom stereocenters. The molecule has 3 rings (SSSR count). The van der Waals surface area contributed by atoms with Gasteiger partial charge in [0.05, 0.1) is 0 Å². The molecule has 0 aliphatic heterocycles. The van der Waals surface area contributed by atoms with E-state index >= 15 is 0 Å². The van der Waals surface area contributed by atoms with Crippen LogP contribution in [0.2, 0.25) is 0 Å². The van der Waals surface area contributed by atoms with Gasteiger partial charge in [0.2, 0.25) is 5.78 Å². The zero-order chi connectivity index (χ0) is 16.8. The molecule has 3 heteroatoms. The zero-order valence-corrected chi connectivity index (χ0v) is 14.5. The van der Waals surface area contributed by atoms with Crippen LogP contribution in [0.5, 0.6) is 0 Å². The van der Waals surface area contributed by atoms with E-state index in [1.807, 2.05) is 18.2 Å². The highest BCUT2D eigenvalue weighted by molar-refractivity contribution is 6.32. The quantitative estimate of drug-likeness (QED) is 0.627. The van der Waals surface area contributed by atoms with Crippen LogP contribution >= 0.6 is 0 Å². The van der Waals surface area contributed by atoms with Crippen LogP contribution in [0.4, 0.5) is 0 Å². The van der Waals surface area contributed by atoms with E-state index in [4.69, 9.17) is 4.74 Å². The number of fused-ring (bicyclic) bond motifs is 2. The highest BCUT2D eigenvalue weighted by Gasteiger charge is 2.67. The lowest BCUT2D eigenvalue weighted by Crippen LogP contribution is -2.42. The van der Waals surface area contributed by atoms with Crippen LogP contribution < -0.4 is 0 Å². The maximum Gasteiger partial charge on any atom is 0.374 e. The van der Waals surface area contributed by atoms with E-state index in [0.29, 0.717) is 5.92 Å². The van der Waals surface area contributed by atoms with Crippen molar-refractivity contribution in [3.05, 3.63) is 35.9 Å². The van der Waals surface area contributed by atoms with Gasteiger partial charge >= 0.3 is 5.97 Å². The molecular formula is C20H26O3. The third kappa shape index (κ3) is 2.41. The first kappa shape index (κ1) is 16.2. The van der Waals surface area contributed by atoms with Crippen molar-refractivity contribution in [1.29, 1.82) is 0 Å². The third-order valence-corrected chi connectivity index (χ3v) is 6.74. The van der Waals surface area contributed by atoms with Gasteiger partial charge in [-0.15, -0.1) is 0 Å². The second-order valence-corrected chi connectivity index (χ2v) is 8.02. The number of carbonyl (C=O) groups excluding carboxylic acids is 2. The van der Waals surface area contributed by atoms with E-state index < -0.39 is 11.8 Å². The lowest BCUT2D eigenvalue weighted by molar-refractivity contribution is -0.166. The Bertz CT molecular complexity index is 619. The summed E-state index contributed by atoms with van der Waals surface area (Å²) >= 11 is 0. The second-order valence-electron chi connectivity index (χ2n) is 8.02. The highest BCUT2D eigenvalue weighted by Crippen LogP contribution is 2.68. The van der Waals surface area contributed by atoms with Gasteiger partial charge in [0.1, 0.15) is 6.10 Å². The van der Waals surface area contributed by atoms with Crippen LogP contribution in [-0.2, 0) is 20.7 Å². The Kier molecular flexibility index (Phi) is 3.86. The summed E-state index contributed by atoms with van der Waals surface area (Å²) in [5.74, 6) is -0.378. The van der Waals surface area contributed by atoms with Crippen molar-refractivity contribution >= 4 is 11.8 Å². The van der Waals surface area contributed by atoms with Crippen LogP contribution in [0.15, 0.2) is 30.3 Å². The number of carbonyl (C=O) groups is 2. The molecule has 23 heavy (non-hydrogen) atoms. The Morgan fingerprint density at radius 3 is 2.43 bits per heavy atom. The summed E-state index contributed by atoms with van der Waals surface area (Å²) in [5.41, 5.74) is 1.34. The van der Waals surface area contributed by atoms with Crippen LogP contribution in [0, 0.1) is 22.7 Å². The molecule has 2 fully saturated rings. The first-order chi connectivity index (χ1) is 10.8. The average Bonchev–Trinajstić information content (AvgIpc) is 2.81. The average molecular weight is 314 g/mol. The molecule has 2 bridgehead atoms. The summed E-state index contributed by atoms with van der Waals surface area (Å²) in [6.07, 6.45) is 2.97. The third-order valence-electron chi connectivity index (χ3n) is 6.74. The van der Waals surface area contributed by atoms with E-state index in [-0.39, 0.29) is 22.9 Å². The van der Waals surface area contributed by atoms with Gasteiger partial charge in [0.25, 0.3) is 0 Å². The molecule has 2 saturated carbocycles. The van der Waals surface area contributed by atoms with Gasteiger partial charge in [-0.05, 0) is 36.2 Å². The number of rotatable bonds is 4. The predicted octanol–water partition coefficient (Wildman–Crippen LogP) is 3.80. The van der Waals surface area contributed by atoms with Gasteiger partial charge < -0.3 is 4.74 Å². The number of hydrogen-bond donors (Lipinski definition) is 0. The molecule has 2 aliphatic rings. The van der Waals surface area contributed by atoms with Crippen LogP contribution in [-0.4, -0.2) is 17.9 Å². The van der Waals surface area contributed by atoms with Gasteiger partial charge in [0.15, 0.2) is 0 Å². The summed E-state index contributed by atoms with van der Waals surface area (Å²) < 4.78 is 5.74. The number of hydrogen-bond acceptors (Lipinski definition) is 3. The topological polar surface area (TPSA) is 43.4 Å². The molecule has 0 saturated heterocycles. The fourth-order valence-corrected chi connectivity index (χ4v) is 5.05. The summed E-state index contributed by atoms with van der Waals surface area (Å²) in [6, 6.07) is 10.4. The predicted molar refractivity (Wildman–Crippen MR) is 88.8 cm³/mol. The molecule has 3 nitrogen and oxygen atoms in total.